The van der Waals surface area contributed by atoms with Crippen LogP contribution < -0.4 is 20.1 Å². The molecule has 2 N–H and O–H groups in total. The lowest BCUT2D eigenvalue weighted by Crippen LogP contribution is -2.46. The fourth-order valence-corrected chi connectivity index (χ4v) is 5.56. The zero-order valence-corrected chi connectivity index (χ0v) is 25.4. The highest BCUT2D eigenvalue weighted by atomic mass is 16.6. The van der Waals surface area contributed by atoms with E-state index < -0.39 is 11.7 Å². The third-order valence-corrected chi connectivity index (χ3v) is 7.53. The number of alkyl carbamates (subject to hydrolysis) is 1. The maximum atomic E-state index is 12.9. The molecule has 0 aromatic heterocycles. The van der Waals surface area contributed by atoms with Crippen molar-refractivity contribution in [1.82, 2.24) is 15.5 Å². The minimum absolute atomic E-state index is 0.174. The first-order valence-electron chi connectivity index (χ1n) is 14.5. The van der Waals surface area contributed by atoms with Crippen LogP contribution in [0.4, 0.5) is 4.79 Å². The molecule has 1 aliphatic rings. The van der Waals surface area contributed by atoms with Crippen LogP contribution in [-0.4, -0.2) is 62.9 Å². The first kappa shape index (κ1) is 30.9. The van der Waals surface area contributed by atoms with E-state index in [4.69, 9.17) is 14.2 Å². The van der Waals surface area contributed by atoms with Gasteiger partial charge in [0.25, 0.3) is 5.91 Å². The van der Waals surface area contributed by atoms with Crippen LogP contribution in [0.3, 0.4) is 0 Å². The molecule has 3 aromatic carbocycles. The van der Waals surface area contributed by atoms with Crippen LogP contribution in [0.5, 0.6) is 11.5 Å². The zero-order chi connectivity index (χ0) is 30.2. The van der Waals surface area contributed by atoms with Gasteiger partial charge >= 0.3 is 6.09 Å². The van der Waals surface area contributed by atoms with Crippen LogP contribution in [0.2, 0.25) is 0 Å². The third kappa shape index (κ3) is 8.03. The molecule has 1 saturated heterocycles. The van der Waals surface area contributed by atoms with Gasteiger partial charge in [-0.05, 0) is 93.2 Å². The van der Waals surface area contributed by atoms with Crippen LogP contribution in [0.1, 0.15) is 60.7 Å². The van der Waals surface area contributed by atoms with Gasteiger partial charge in [0.2, 0.25) is 0 Å². The van der Waals surface area contributed by atoms with Gasteiger partial charge in [0.15, 0.2) is 0 Å². The highest BCUT2D eigenvalue weighted by Crippen LogP contribution is 2.41. The number of carbonyl (C=O) groups excluding carboxylic acids is 2. The second-order valence-electron chi connectivity index (χ2n) is 11.7. The standard InChI is InChI=1S/C34H43N3O5/c1-33(2,3)42-32(39)36-20-19-35-31(38)26-9-6-8-25(22-26)23-37-21-7-18-34(24-37,27-10-14-29(40-4)15-11-27)28-12-16-30(41-5)17-13-28/h6,8-17,22H,7,18-21,23-24H2,1-5H3,(H,35,38)(H,36,39). The normalized spacial score (nSPS) is 15.0. The molecule has 3 aromatic rings. The Hall–Kier alpha value is -4.04. The van der Waals surface area contributed by atoms with Gasteiger partial charge < -0.3 is 24.8 Å². The van der Waals surface area contributed by atoms with Crippen molar-refractivity contribution < 1.29 is 23.8 Å². The number of hydrogen-bond donors (Lipinski definition) is 2. The van der Waals surface area contributed by atoms with Crippen LogP contribution in [-0.2, 0) is 16.7 Å². The van der Waals surface area contributed by atoms with Crippen LogP contribution in [0.15, 0.2) is 72.8 Å². The molecule has 0 radical (unpaired) electrons. The second-order valence-corrected chi connectivity index (χ2v) is 11.7. The van der Waals surface area contributed by atoms with Crippen molar-refractivity contribution in [1.29, 1.82) is 0 Å². The zero-order valence-electron chi connectivity index (χ0n) is 25.4. The third-order valence-electron chi connectivity index (χ3n) is 7.53. The Morgan fingerprint density at radius 1 is 0.857 bits per heavy atom. The fraction of sp³-hybridized carbons (Fsp3) is 0.412. The predicted molar refractivity (Wildman–Crippen MR) is 164 cm³/mol. The fourth-order valence-electron chi connectivity index (χ4n) is 5.56. The number of benzene rings is 3. The van der Waals surface area contributed by atoms with Gasteiger partial charge in [-0.1, -0.05) is 36.4 Å². The maximum absolute atomic E-state index is 12.9. The maximum Gasteiger partial charge on any atom is 0.407 e. The molecule has 224 valence electrons. The Kier molecular flexibility index (Phi) is 10.1. The molecule has 0 unspecified atom stereocenters. The van der Waals surface area contributed by atoms with Crippen molar-refractivity contribution in [3.8, 4) is 11.5 Å². The van der Waals surface area contributed by atoms with Crippen molar-refractivity contribution in [3.05, 3.63) is 95.1 Å². The quantitative estimate of drug-likeness (QED) is 0.310. The summed E-state index contributed by atoms with van der Waals surface area (Å²) in [6.07, 6.45) is 1.57. The molecule has 0 spiro atoms. The first-order chi connectivity index (χ1) is 20.1. The first-order valence-corrected chi connectivity index (χ1v) is 14.5. The summed E-state index contributed by atoms with van der Waals surface area (Å²) in [4.78, 5) is 27.2. The van der Waals surface area contributed by atoms with E-state index in [0.29, 0.717) is 12.1 Å². The number of ether oxygens (including phenoxy) is 3. The Bertz CT molecular complexity index is 1290. The van der Waals surface area contributed by atoms with Crippen molar-refractivity contribution >= 4 is 12.0 Å². The average Bonchev–Trinajstić information content (AvgIpc) is 2.98. The van der Waals surface area contributed by atoms with Gasteiger partial charge in [-0.2, -0.15) is 0 Å². The lowest BCUT2D eigenvalue weighted by Gasteiger charge is -2.44. The highest BCUT2D eigenvalue weighted by molar-refractivity contribution is 5.94. The lowest BCUT2D eigenvalue weighted by atomic mass is 9.69. The summed E-state index contributed by atoms with van der Waals surface area (Å²) in [5.74, 6) is 1.51. The largest absolute Gasteiger partial charge is 0.497 e. The molecule has 8 heteroatoms. The summed E-state index contributed by atoms with van der Waals surface area (Å²) < 4.78 is 16.1. The number of amides is 2. The molecule has 2 amide bonds. The van der Waals surface area contributed by atoms with E-state index in [9.17, 15) is 9.59 Å². The van der Waals surface area contributed by atoms with E-state index in [1.807, 2.05) is 63.2 Å². The summed E-state index contributed by atoms with van der Waals surface area (Å²) in [7, 11) is 3.37. The van der Waals surface area contributed by atoms with Crippen molar-refractivity contribution in [2.24, 2.45) is 0 Å². The smallest absolute Gasteiger partial charge is 0.407 e. The van der Waals surface area contributed by atoms with E-state index in [1.165, 1.54) is 11.1 Å². The Morgan fingerprint density at radius 2 is 1.45 bits per heavy atom. The van der Waals surface area contributed by atoms with Gasteiger partial charge in [0, 0.05) is 37.2 Å². The number of hydrogen-bond acceptors (Lipinski definition) is 6. The van der Waals surface area contributed by atoms with Gasteiger partial charge in [0.1, 0.15) is 17.1 Å². The minimum atomic E-state index is -0.564. The molecule has 0 atom stereocenters. The van der Waals surface area contributed by atoms with Crippen LogP contribution in [0.25, 0.3) is 0 Å². The number of rotatable bonds is 10. The molecule has 8 nitrogen and oxygen atoms in total. The van der Waals surface area contributed by atoms with Crippen molar-refractivity contribution in [3.63, 3.8) is 0 Å². The molecule has 4 rings (SSSR count). The van der Waals surface area contributed by atoms with Crippen LogP contribution >= 0.6 is 0 Å². The molecule has 1 aliphatic heterocycles. The summed E-state index contributed by atoms with van der Waals surface area (Å²) >= 11 is 0. The number of methoxy groups -OCH3 is 2. The van der Waals surface area contributed by atoms with Crippen molar-refractivity contribution in [2.45, 2.75) is 51.2 Å². The number of carbonyl (C=O) groups is 2. The Balaban J connectivity index is 1.44. The number of nitrogens with zero attached hydrogens (tertiary/aromatic N) is 1. The number of likely N-dealkylation sites (tertiary alicyclic amines) is 1. The lowest BCUT2D eigenvalue weighted by molar-refractivity contribution is 0.0526. The van der Waals surface area contributed by atoms with Crippen LogP contribution in [0, 0.1) is 0 Å². The molecule has 42 heavy (non-hydrogen) atoms. The second kappa shape index (κ2) is 13.7. The van der Waals surface area contributed by atoms with E-state index in [1.54, 1.807) is 14.2 Å². The minimum Gasteiger partial charge on any atom is -0.497 e. The molecule has 1 heterocycles. The Morgan fingerprint density at radius 3 is 2.02 bits per heavy atom. The van der Waals surface area contributed by atoms with Gasteiger partial charge in [-0.15, -0.1) is 0 Å². The number of piperidine rings is 1. The summed E-state index contributed by atoms with van der Waals surface area (Å²) in [5, 5.41) is 5.54. The van der Waals surface area contributed by atoms with Gasteiger partial charge in [-0.3, -0.25) is 9.69 Å². The topological polar surface area (TPSA) is 89.1 Å². The van der Waals surface area contributed by atoms with E-state index >= 15 is 0 Å². The molecule has 0 bridgehead atoms. The van der Waals surface area contributed by atoms with Gasteiger partial charge in [-0.25, -0.2) is 4.79 Å². The van der Waals surface area contributed by atoms with Gasteiger partial charge in [0.05, 0.1) is 14.2 Å². The van der Waals surface area contributed by atoms with E-state index in [0.717, 1.165) is 49.5 Å². The molecule has 0 aliphatic carbocycles. The molecular formula is C34H43N3O5. The Labute approximate surface area is 249 Å². The van der Waals surface area contributed by atoms with E-state index in [2.05, 4.69) is 45.9 Å². The summed E-state index contributed by atoms with van der Waals surface area (Å²) in [6, 6.07) is 24.6. The average molecular weight is 574 g/mol. The molecule has 0 saturated carbocycles. The summed E-state index contributed by atoms with van der Waals surface area (Å²) in [5.41, 5.74) is 3.43. The SMILES string of the molecule is COc1ccc(C2(c3ccc(OC)cc3)CCCN(Cc3cccc(C(=O)NCCNC(=O)OC(C)(C)C)c3)C2)cc1. The molecular weight excluding hydrogens is 530 g/mol. The number of nitrogens with one attached hydrogen (secondary N) is 2. The predicted octanol–water partition coefficient (Wildman–Crippen LogP) is 5.54. The summed E-state index contributed by atoms with van der Waals surface area (Å²) in [6.45, 7) is 8.57. The van der Waals surface area contributed by atoms with E-state index in [-0.39, 0.29) is 17.9 Å². The monoisotopic (exact) mass is 573 g/mol. The van der Waals surface area contributed by atoms with Crippen molar-refractivity contribution in [2.75, 3.05) is 40.4 Å². The molecule has 1 fully saturated rings. The highest BCUT2D eigenvalue weighted by Gasteiger charge is 2.39.